The van der Waals surface area contributed by atoms with E-state index in [1.807, 2.05) is 0 Å². The molecule has 1 aliphatic heterocycles. The summed E-state index contributed by atoms with van der Waals surface area (Å²) >= 11 is 3.39. The van der Waals surface area contributed by atoms with Crippen molar-refractivity contribution < 1.29 is 14.1 Å². The zero-order valence-corrected chi connectivity index (χ0v) is 14.9. The first-order valence-corrected chi connectivity index (χ1v) is 8.73. The fourth-order valence-corrected chi connectivity index (χ4v) is 3.72. The maximum Gasteiger partial charge on any atom is 0.270 e. The van der Waals surface area contributed by atoms with E-state index in [9.17, 15) is 19.3 Å². The molecule has 2 aromatic rings. The molecule has 1 saturated heterocycles. The number of anilines is 1. The first-order chi connectivity index (χ1) is 12.0. The van der Waals surface area contributed by atoms with Crippen LogP contribution >= 0.6 is 15.9 Å². The maximum atomic E-state index is 13.0. The Morgan fingerprint density at radius 1 is 1.16 bits per heavy atom. The van der Waals surface area contributed by atoms with Gasteiger partial charge in [-0.25, -0.2) is 4.39 Å². The van der Waals surface area contributed by atoms with Crippen LogP contribution in [0.3, 0.4) is 0 Å². The molecule has 7 heteroatoms. The van der Waals surface area contributed by atoms with Gasteiger partial charge in [0.15, 0.2) is 5.78 Å². The number of halogens is 2. The van der Waals surface area contributed by atoms with Crippen molar-refractivity contribution >= 4 is 33.1 Å². The fourth-order valence-electron chi connectivity index (χ4n) is 3.10. The molecule has 1 heterocycles. The highest BCUT2D eigenvalue weighted by Gasteiger charge is 2.27. The van der Waals surface area contributed by atoms with E-state index in [4.69, 9.17) is 0 Å². The maximum absolute atomic E-state index is 13.0. The molecular weight excluding hydrogens is 391 g/mol. The molecular formula is C18H16BrFN2O3. The SMILES string of the molecule is O=C(c1ccc(F)cc1)C1CCN(c2ccc([N+](=O)[O-])cc2Br)CC1. The van der Waals surface area contributed by atoms with E-state index in [0.717, 1.165) is 5.69 Å². The molecule has 0 atom stereocenters. The Morgan fingerprint density at radius 2 is 1.80 bits per heavy atom. The Balaban J connectivity index is 1.66. The molecule has 5 nitrogen and oxygen atoms in total. The van der Waals surface area contributed by atoms with Crippen LogP contribution in [0.5, 0.6) is 0 Å². The molecule has 3 rings (SSSR count). The van der Waals surface area contributed by atoms with Gasteiger partial charge in [0.05, 0.1) is 10.6 Å². The second-order valence-electron chi connectivity index (χ2n) is 6.03. The Bertz CT molecular complexity index is 802. The molecule has 0 amide bonds. The van der Waals surface area contributed by atoms with Crippen molar-refractivity contribution in [2.75, 3.05) is 18.0 Å². The first-order valence-electron chi connectivity index (χ1n) is 7.94. The normalized spacial score (nSPS) is 15.2. The highest BCUT2D eigenvalue weighted by Crippen LogP contribution is 2.33. The summed E-state index contributed by atoms with van der Waals surface area (Å²) in [4.78, 5) is 25.0. The zero-order valence-electron chi connectivity index (χ0n) is 13.3. The van der Waals surface area contributed by atoms with Crippen molar-refractivity contribution in [1.29, 1.82) is 0 Å². The molecule has 0 radical (unpaired) electrons. The van der Waals surface area contributed by atoms with Crippen LogP contribution in [-0.2, 0) is 0 Å². The number of Topliss-reactive ketones (excluding diaryl/α,β-unsaturated/α-hetero) is 1. The third kappa shape index (κ3) is 3.87. The van der Waals surface area contributed by atoms with Gasteiger partial charge in [-0.3, -0.25) is 14.9 Å². The van der Waals surface area contributed by atoms with Gasteiger partial charge in [-0.15, -0.1) is 0 Å². The van der Waals surface area contributed by atoms with Gasteiger partial charge in [-0.05, 0) is 59.1 Å². The molecule has 0 spiro atoms. The number of carbonyl (C=O) groups is 1. The Labute approximate surface area is 152 Å². The van der Waals surface area contributed by atoms with Gasteiger partial charge in [0.2, 0.25) is 0 Å². The zero-order chi connectivity index (χ0) is 18.0. The average Bonchev–Trinajstić information content (AvgIpc) is 2.62. The number of hydrogen-bond donors (Lipinski definition) is 0. The lowest BCUT2D eigenvalue weighted by molar-refractivity contribution is -0.384. The third-order valence-corrected chi connectivity index (χ3v) is 5.11. The van der Waals surface area contributed by atoms with Crippen molar-refractivity contribution in [2.24, 2.45) is 5.92 Å². The van der Waals surface area contributed by atoms with Gasteiger partial charge in [0, 0.05) is 41.2 Å². The number of rotatable bonds is 4. The molecule has 130 valence electrons. The van der Waals surface area contributed by atoms with Gasteiger partial charge in [0.1, 0.15) is 5.82 Å². The van der Waals surface area contributed by atoms with Crippen molar-refractivity contribution in [3.05, 3.63) is 68.4 Å². The van der Waals surface area contributed by atoms with Gasteiger partial charge in [-0.2, -0.15) is 0 Å². The van der Waals surface area contributed by atoms with Gasteiger partial charge >= 0.3 is 0 Å². The minimum absolute atomic E-state index is 0.0389. The summed E-state index contributed by atoms with van der Waals surface area (Å²) < 4.78 is 13.7. The first kappa shape index (κ1) is 17.5. The van der Waals surface area contributed by atoms with Crippen LogP contribution in [0.2, 0.25) is 0 Å². The average molecular weight is 407 g/mol. The van der Waals surface area contributed by atoms with Crippen molar-refractivity contribution in [3.63, 3.8) is 0 Å². The van der Waals surface area contributed by atoms with E-state index in [-0.39, 0.29) is 23.2 Å². The summed E-state index contributed by atoms with van der Waals surface area (Å²) in [6.07, 6.45) is 1.39. The Hall–Kier alpha value is -2.28. The van der Waals surface area contributed by atoms with E-state index < -0.39 is 4.92 Å². The van der Waals surface area contributed by atoms with Crippen LogP contribution < -0.4 is 4.90 Å². The summed E-state index contributed by atoms with van der Waals surface area (Å²) in [6, 6.07) is 10.4. The molecule has 0 aromatic heterocycles. The van der Waals surface area contributed by atoms with Crippen LogP contribution in [0.15, 0.2) is 46.9 Å². The van der Waals surface area contributed by atoms with Crippen molar-refractivity contribution in [3.8, 4) is 0 Å². The lowest BCUT2D eigenvalue weighted by atomic mass is 9.88. The van der Waals surface area contributed by atoms with Crippen LogP contribution in [0.1, 0.15) is 23.2 Å². The Morgan fingerprint density at radius 3 is 2.36 bits per heavy atom. The second kappa shape index (κ2) is 7.31. The minimum Gasteiger partial charge on any atom is -0.371 e. The number of carbonyl (C=O) groups excluding carboxylic acids is 1. The van der Waals surface area contributed by atoms with Crippen molar-refractivity contribution in [2.45, 2.75) is 12.8 Å². The number of piperidine rings is 1. The van der Waals surface area contributed by atoms with Crippen LogP contribution in [-0.4, -0.2) is 23.8 Å². The largest absolute Gasteiger partial charge is 0.371 e. The summed E-state index contributed by atoms with van der Waals surface area (Å²) in [7, 11) is 0. The van der Waals surface area contributed by atoms with E-state index >= 15 is 0 Å². The van der Waals surface area contributed by atoms with Gasteiger partial charge in [-0.1, -0.05) is 0 Å². The summed E-state index contributed by atoms with van der Waals surface area (Å²) in [5.41, 5.74) is 1.46. The van der Waals surface area contributed by atoms with Gasteiger partial charge < -0.3 is 4.90 Å². The molecule has 0 unspecified atom stereocenters. The summed E-state index contributed by atoms with van der Waals surface area (Å²) in [5, 5.41) is 10.8. The number of non-ortho nitro benzene ring substituents is 1. The quantitative estimate of drug-likeness (QED) is 0.422. The number of hydrogen-bond acceptors (Lipinski definition) is 4. The molecule has 0 N–H and O–H groups in total. The Kier molecular flexibility index (Phi) is 5.13. The topological polar surface area (TPSA) is 63.5 Å². The summed E-state index contributed by atoms with van der Waals surface area (Å²) in [6.45, 7) is 1.38. The third-order valence-electron chi connectivity index (χ3n) is 4.48. The summed E-state index contributed by atoms with van der Waals surface area (Å²) in [5.74, 6) is -0.393. The molecule has 2 aromatic carbocycles. The molecule has 1 aliphatic rings. The smallest absolute Gasteiger partial charge is 0.270 e. The predicted molar refractivity (Wildman–Crippen MR) is 96.5 cm³/mol. The van der Waals surface area contributed by atoms with E-state index in [2.05, 4.69) is 20.8 Å². The van der Waals surface area contributed by atoms with Crippen LogP contribution in [0, 0.1) is 21.8 Å². The van der Waals surface area contributed by atoms with Crippen LogP contribution in [0.4, 0.5) is 15.8 Å². The monoisotopic (exact) mass is 406 g/mol. The molecule has 25 heavy (non-hydrogen) atoms. The van der Waals surface area contributed by atoms with Crippen molar-refractivity contribution in [1.82, 2.24) is 0 Å². The molecule has 0 bridgehead atoms. The molecule has 0 saturated carbocycles. The lowest BCUT2D eigenvalue weighted by Gasteiger charge is -2.33. The predicted octanol–water partition coefficient (Wildman–Crippen LogP) is 4.60. The van der Waals surface area contributed by atoms with E-state index in [0.29, 0.717) is 36.0 Å². The lowest BCUT2D eigenvalue weighted by Crippen LogP contribution is -2.36. The molecule has 0 aliphatic carbocycles. The second-order valence-corrected chi connectivity index (χ2v) is 6.88. The number of ketones is 1. The molecule has 1 fully saturated rings. The highest BCUT2D eigenvalue weighted by molar-refractivity contribution is 9.10. The van der Waals surface area contributed by atoms with E-state index in [1.54, 1.807) is 6.07 Å². The van der Waals surface area contributed by atoms with Gasteiger partial charge in [0.25, 0.3) is 5.69 Å². The van der Waals surface area contributed by atoms with E-state index in [1.165, 1.54) is 36.4 Å². The number of nitro benzene ring substituents is 1. The number of nitro groups is 1. The van der Waals surface area contributed by atoms with Crippen LogP contribution in [0.25, 0.3) is 0 Å². The number of benzene rings is 2. The highest BCUT2D eigenvalue weighted by atomic mass is 79.9. The standard InChI is InChI=1S/C18H16BrFN2O3/c19-16-11-15(22(24)25)5-6-17(16)21-9-7-13(8-10-21)18(23)12-1-3-14(20)4-2-12/h1-6,11,13H,7-10H2. The fraction of sp³-hybridized carbons (Fsp3) is 0.278. The minimum atomic E-state index is -0.428. The number of nitrogens with zero attached hydrogens (tertiary/aromatic N) is 2.